The molecule has 0 aromatic heterocycles. The number of aliphatic hydroxyl groups excluding tert-OH is 5. The average molecular weight is 1110 g/mol. The fraction of sp³-hybridized carbons (Fsp3) is 0.765. The minimum absolute atomic E-state index is 0.112. The van der Waals surface area contributed by atoms with E-state index >= 15 is 0 Å². The summed E-state index contributed by atoms with van der Waals surface area (Å²) in [4.78, 5) is 26.6. The van der Waals surface area contributed by atoms with E-state index in [0.717, 1.165) is 109 Å². The number of amides is 1. The zero-order valence-electron chi connectivity index (χ0n) is 50.5. The predicted molar refractivity (Wildman–Crippen MR) is 329 cm³/mol. The van der Waals surface area contributed by atoms with Crippen molar-refractivity contribution >= 4 is 11.9 Å². The number of carbonyl (C=O) groups excluding carboxylic acids is 2. The number of carbonyl (C=O) groups is 2. The Hall–Kier alpha value is -3.16. The van der Waals surface area contributed by atoms with Gasteiger partial charge >= 0.3 is 5.97 Å². The topological polar surface area (TPSA) is 175 Å². The van der Waals surface area contributed by atoms with Gasteiger partial charge in [-0.3, -0.25) is 9.59 Å². The lowest BCUT2D eigenvalue weighted by molar-refractivity contribution is -0.305. The molecule has 1 fully saturated rings. The molecule has 11 heteroatoms. The van der Waals surface area contributed by atoms with Crippen LogP contribution in [0.1, 0.15) is 271 Å². The molecule has 1 aliphatic rings. The summed E-state index contributed by atoms with van der Waals surface area (Å²) in [6.45, 7) is 5.71. The fourth-order valence-corrected chi connectivity index (χ4v) is 9.63. The van der Waals surface area contributed by atoms with Crippen LogP contribution in [0.5, 0.6) is 0 Å². The minimum atomic E-state index is -1.62. The van der Waals surface area contributed by atoms with Crippen LogP contribution in [0, 0.1) is 0 Å². The number of rotatable bonds is 54. The molecule has 1 heterocycles. The summed E-state index contributed by atoms with van der Waals surface area (Å²) in [5.74, 6) is -1.21. The molecule has 79 heavy (non-hydrogen) atoms. The van der Waals surface area contributed by atoms with Crippen LogP contribution in [0.3, 0.4) is 0 Å². The number of unbranched alkanes of at least 4 members (excludes halogenated alkanes) is 29. The van der Waals surface area contributed by atoms with Gasteiger partial charge in [0.05, 0.1) is 25.4 Å². The van der Waals surface area contributed by atoms with Crippen LogP contribution in [-0.4, -0.2) is 99.6 Å². The average Bonchev–Trinajstić information content (AvgIpc) is 3.47. The van der Waals surface area contributed by atoms with Crippen LogP contribution in [0.15, 0.2) is 85.1 Å². The highest BCUT2D eigenvalue weighted by Crippen LogP contribution is 2.26. The molecule has 0 aromatic rings. The minimum Gasteiger partial charge on any atom is -0.454 e. The highest BCUT2D eigenvalue weighted by atomic mass is 16.7. The van der Waals surface area contributed by atoms with Gasteiger partial charge in [0, 0.05) is 6.42 Å². The first-order chi connectivity index (χ1) is 38.7. The molecular formula is C68H119NO10. The second-order valence-corrected chi connectivity index (χ2v) is 22.2. The second-order valence-electron chi connectivity index (χ2n) is 22.2. The van der Waals surface area contributed by atoms with E-state index in [4.69, 9.17) is 14.2 Å². The lowest BCUT2D eigenvalue weighted by Gasteiger charge is -2.41. The van der Waals surface area contributed by atoms with Crippen LogP contribution >= 0.6 is 0 Å². The number of hydrogen-bond donors (Lipinski definition) is 6. The molecule has 8 unspecified atom stereocenters. The van der Waals surface area contributed by atoms with E-state index < -0.39 is 67.4 Å². The highest BCUT2D eigenvalue weighted by Gasteiger charge is 2.47. The smallest absolute Gasteiger partial charge is 0.306 e. The van der Waals surface area contributed by atoms with Gasteiger partial charge in [-0.15, -0.1) is 0 Å². The van der Waals surface area contributed by atoms with Crippen LogP contribution in [0.25, 0.3) is 0 Å². The maximum Gasteiger partial charge on any atom is 0.306 e. The first-order valence-corrected chi connectivity index (χ1v) is 32.4. The van der Waals surface area contributed by atoms with E-state index in [1.807, 2.05) is 6.08 Å². The van der Waals surface area contributed by atoms with Crippen LogP contribution in [0.2, 0.25) is 0 Å². The van der Waals surface area contributed by atoms with Crippen molar-refractivity contribution in [3.8, 4) is 0 Å². The Labute approximate surface area is 483 Å². The first-order valence-electron chi connectivity index (χ1n) is 32.4. The van der Waals surface area contributed by atoms with E-state index in [-0.39, 0.29) is 19.4 Å². The monoisotopic (exact) mass is 1110 g/mol. The number of ether oxygens (including phenoxy) is 3. The summed E-state index contributed by atoms with van der Waals surface area (Å²) < 4.78 is 17.6. The molecule has 456 valence electrons. The Bertz CT molecular complexity index is 1610. The molecule has 6 N–H and O–H groups in total. The molecule has 1 amide bonds. The number of allylic oxidation sites excluding steroid dienone is 13. The predicted octanol–water partition coefficient (Wildman–Crippen LogP) is 15.7. The summed E-state index contributed by atoms with van der Waals surface area (Å²) in [7, 11) is 0. The summed E-state index contributed by atoms with van der Waals surface area (Å²) in [6.07, 6.45) is 61.9. The van der Waals surface area contributed by atoms with Crippen molar-refractivity contribution < 1.29 is 49.3 Å². The van der Waals surface area contributed by atoms with Crippen molar-refractivity contribution in [1.29, 1.82) is 0 Å². The molecular weight excluding hydrogens is 991 g/mol. The quantitative estimate of drug-likeness (QED) is 0.0149. The zero-order chi connectivity index (χ0) is 57.5. The molecule has 11 nitrogen and oxygen atoms in total. The number of esters is 1. The summed E-state index contributed by atoms with van der Waals surface area (Å²) in [5, 5.41) is 57.0. The molecule has 0 aliphatic carbocycles. The summed E-state index contributed by atoms with van der Waals surface area (Å²) in [5.41, 5.74) is 0. The zero-order valence-corrected chi connectivity index (χ0v) is 50.5. The SMILES string of the molecule is CCCCC/C=C\C/C=C\C/C=C\C/C=C\CCCCCCCCCCCC(=O)OC1C(OCC(NC(=O)C(O)CCCCCCC/C=C/C=C/CCCCC)C(O)/C=C/CCCCCCCCCCC)OC(CO)C(O)C1O. The van der Waals surface area contributed by atoms with Crippen LogP contribution in [0.4, 0.5) is 0 Å². The third-order valence-electron chi connectivity index (χ3n) is 14.8. The molecule has 0 aromatic carbocycles. The van der Waals surface area contributed by atoms with Crippen molar-refractivity contribution in [2.75, 3.05) is 13.2 Å². The Morgan fingerprint density at radius 2 is 0.911 bits per heavy atom. The Balaban J connectivity index is 2.60. The molecule has 0 spiro atoms. The second kappa shape index (κ2) is 55.4. The van der Waals surface area contributed by atoms with Gasteiger partial charge in [-0.25, -0.2) is 0 Å². The van der Waals surface area contributed by atoms with E-state index in [1.54, 1.807) is 6.08 Å². The normalized spacial score (nSPS) is 19.4. The Kier molecular flexibility index (Phi) is 51.8. The highest BCUT2D eigenvalue weighted by molar-refractivity contribution is 5.80. The molecule has 8 atom stereocenters. The van der Waals surface area contributed by atoms with Crippen molar-refractivity contribution in [3.05, 3.63) is 85.1 Å². The van der Waals surface area contributed by atoms with Gasteiger partial charge in [-0.2, -0.15) is 0 Å². The van der Waals surface area contributed by atoms with Crippen molar-refractivity contribution in [2.24, 2.45) is 0 Å². The van der Waals surface area contributed by atoms with Gasteiger partial charge in [0.25, 0.3) is 0 Å². The summed E-state index contributed by atoms with van der Waals surface area (Å²) >= 11 is 0. The van der Waals surface area contributed by atoms with E-state index in [1.165, 1.54) is 116 Å². The standard InChI is InChI=1S/C68H119NO10/c1-4-7-10-13-16-19-22-24-26-27-28-29-30-31-32-33-34-35-36-38-41-44-47-50-53-56-63(73)79-66-65(75)64(74)62(57-70)78-68(66)77-58-59(60(71)54-51-48-45-42-39-21-18-15-12-9-6-3)69-67(76)61(72)55-52-49-46-43-40-37-25-23-20-17-14-11-8-5-2/h16-17,19-20,23-26,28-29,31-32,51,54,59-62,64-66,68,70-72,74-75H,4-15,18,21-22,27,30,33-50,52-53,55-58H2,1-3H3,(H,69,76)/b19-16-,20-17+,25-23+,26-24-,29-28-,32-31-,54-51+. The molecule has 0 radical (unpaired) electrons. The maximum absolute atomic E-state index is 13.4. The van der Waals surface area contributed by atoms with Gasteiger partial charge in [0.15, 0.2) is 12.4 Å². The molecule has 0 saturated carbocycles. The number of aliphatic hydroxyl groups is 5. The molecule has 1 rings (SSSR count). The summed E-state index contributed by atoms with van der Waals surface area (Å²) in [6, 6.07) is -1.03. The lowest BCUT2D eigenvalue weighted by Crippen LogP contribution is -2.61. The van der Waals surface area contributed by atoms with Crippen molar-refractivity contribution in [1.82, 2.24) is 5.32 Å². The maximum atomic E-state index is 13.4. The van der Waals surface area contributed by atoms with E-state index in [2.05, 4.69) is 99.0 Å². The van der Waals surface area contributed by atoms with Crippen molar-refractivity contribution in [2.45, 2.75) is 320 Å². The van der Waals surface area contributed by atoms with Gasteiger partial charge in [-0.1, -0.05) is 254 Å². The van der Waals surface area contributed by atoms with E-state index in [9.17, 15) is 35.1 Å². The lowest BCUT2D eigenvalue weighted by atomic mass is 9.99. The van der Waals surface area contributed by atoms with Gasteiger partial charge < -0.3 is 45.1 Å². The number of nitrogens with one attached hydrogen (secondary N) is 1. The molecule has 1 saturated heterocycles. The van der Waals surface area contributed by atoms with Crippen LogP contribution in [-0.2, 0) is 23.8 Å². The molecule has 1 aliphatic heterocycles. The number of hydrogen-bond acceptors (Lipinski definition) is 10. The first kappa shape index (κ1) is 73.9. The van der Waals surface area contributed by atoms with Crippen LogP contribution < -0.4 is 5.32 Å². The Morgan fingerprint density at radius 3 is 1.41 bits per heavy atom. The molecule has 0 bridgehead atoms. The van der Waals surface area contributed by atoms with E-state index in [0.29, 0.717) is 12.8 Å². The fourth-order valence-electron chi connectivity index (χ4n) is 9.63. The van der Waals surface area contributed by atoms with Crippen molar-refractivity contribution in [3.63, 3.8) is 0 Å². The van der Waals surface area contributed by atoms with Gasteiger partial charge in [0.2, 0.25) is 5.91 Å². The largest absolute Gasteiger partial charge is 0.454 e. The Morgan fingerprint density at radius 1 is 0.506 bits per heavy atom. The third-order valence-corrected chi connectivity index (χ3v) is 14.8. The van der Waals surface area contributed by atoms with Gasteiger partial charge in [-0.05, 0) is 96.3 Å². The van der Waals surface area contributed by atoms with Gasteiger partial charge in [0.1, 0.15) is 24.4 Å². The third kappa shape index (κ3) is 43.2.